The van der Waals surface area contributed by atoms with E-state index < -0.39 is 5.91 Å². The van der Waals surface area contributed by atoms with Gasteiger partial charge in [0.25, 0.3) is 5.91 Å². The fraction of sp³-hybridized carbons (Fsp3) is 0.286. The van der Waals surface area contributed by atoms with Crippen molar-refractivity contribution in [2.75, 3.05) is 18.2 Å². The molecule has 0 aliphatic rings. The molecule has 0 radical (unpaired) electrons. The largest absolute Gasteiger partial charge is 0.495 e. The molecule has 1 amide bonds. The predicted octanol–water partition coefficient (Wildman–Crippen LogP) is 1.43. The molecule has 2 aromatic rings. The molecule has 0 fully saturated rings. The van der Waals surface area contributed by atoms with Gasteiger partial charge in [0, 0.05) is 6.07 Å². The SMILES string of the molecule is COc1ccc(Nc2cc(N)nnc2C(N)=O)nc1C(C)C. The quantitative estimate of drug-likeness (QED) is 0.761. The number of nitrogens with two attached hydrogens (primary N) is 2. The number of rotatable bonds is 5. The third-order valence-electron chi connectivity index (χ3n) is 2.96. The van der Waals surface area contributed by atoms with Crippen molar-refractivity contribution in [2.24, 2.45) is 5.73 Å². The van der Waals surface area contributed by atoms with E-state index in [4.69, 9.17) is 16.2 Å². The van der Waals surface area contributed by atoms with Gasteiger partial charge in [0.05, 0.1) is 18.5 Å². The molecule has 0 atom stereocenters. The minimum atomic E-state index is -0.701. The number of carbonyl (C=O) groups excluding carboxylic acids is 1. The highest BCUT2D eigenvalue weighted by molar-refractivity contribution is 5.97. The third-order valence-corrected chi connectivity index (χ3v) is 2.96. The average molecular weight is 302 g/mol. The highest BCUT2D eigenvalue weighted by Crippen LogP contribution is 2.27. The van der Waals surface area contributed by atoms with Crippen LogP contribution < -0.4 is 21.5 Å². The number of amides is 1. The Kier molecular flexibility index (Phi) is 4.40. The van der Waals surface area contributed by atoms with Gasteiger partial charge in [0.1, 0.15) is 17.4 Å². The smallest absolute Gasteiger partial charge is 0.271 e. The van der Waals surface area contributed by atoms with E-state index in [1.807, 2.05) is 13.8 Å². The van der Waals surface area contributed by atoms with Gasteiger partial charge in [-0.15, -0.1) is 10.2 Å². The lowest BCUT2D eigenvalue weighted by Gasteiger charge is -2.14. The van der Waals surface area contributed by atoms with E-state index in [2.05, 4.69) is 20.5 Å². The van der Waals surface area contributed by atoms with Crippen molar-refractivity contribution in [3.63, 3.8) is 0 Å². The molecule has 0 aliphatic heterocycles. The zero-order valence-electron chi connectivity index (χ0n) is 12.6. The molecular weight excluding hydrogens is 284 g/mol. The molecule has 5 N–H and O–H groups in total. The lowest BCUT2D eigenvalue weighted by Crippen LogP contribution is -2.17. The van der Waals surface area contributed by atoms with Crippen LogP contribution in [-0.2, 0) is 0 Å². The molecule has 22 heavy (non-hydrogen) atoms. The summed E-state index contributed by atoms with van der Waals surface area (Å²) in [4.78, 5) is 15.9. The maximum absolute atomic E-state index is 11.4. The van der Waals surface area contributed by atoms with E-state index in [0.29, 0.717) is 17.3 Å². The van der Waals surface area contributed by atoms with Gasteiger partial charge in [-0.05, 0) is 18.1 Å². The molecule has 8 nitrogen and oxygen atoms in total. The van der Waals surface area contributed by atoms with E-state index in [1.165, 1.54) is 6.07 Å². The number of pyridine rings is 1. The first kappa shape index (κ1) is 15.5. The molecule has 0 saturated carbocycles. The van der Waals surface area contributed by atoms with Gasteiger partial charge in [-0.3, -0.25) is 4.79 Å². The molecule has 8 heteroatoms. The van der Waals surface area contributed by atoms with Crippen molar-refractivity contribution < 1.29 is 9.53 Å². The zero-order valence-corrected chi connectivity index (χ0v) is 12.6. The van der Waals surface area contributed by atoms with Crippen LogP contribution in [0.2, 0.25) is 0 Å². The molecule has 2 rings (SSSR count). The minimum absolute atomic E-state index is 0.00193. The van der Waals surface area contributed by atoms with Crippen LogP contribution in [0.25, 0.3) is 0 Å². The third kappa shape index (κ3) is 3.22. The second-order valence-electron chi connectivity index (χ2n) is 4.96. The number of carbonyl (C=O) groups is 1. The minimum Gasteiger partial charge on any atom is -0.495 e. The summed E-state index contributed by atoms with van der Waals surface area (Å²) in [5.74, 6) is 0.869. The predicted molar refractivity (Wildman–Crippen MR) is 83.1 cm³/mol. The summed E-state index contributed by atoms with van der Waals surface area (Å²) in [5.41, 5.74) is 12.0. The molecule has 2 heterocycles. The number of primary amides is 1. The highest BCUT2D eigenvalue weighted by atomic mass is 16.5. The summed E-state index contributed by atoms with van der Waals surface area (Å²) >= 11 is 0. The normalized spacial score (nSPS) is 10.5. The molecule has 2 aromatic heterocycles. The van der Waals surface area contributed by atoms with Gasteiger partial charge in [0.15, 0.2) is 5.69 Å². The van der Waals surface area contributed by atoms with Gasteiger partial charge in [-0.25, -0.2) is 4.98 Å². The number of nitrogen functional groups attached to an aromatic ring is 1. The number of anilines is 3. The molecule has 0 aromatic carbocycles. The first-order valence-electron chi connectivity index (χ1n) is 6.67. The molecule has 0 bridgehead atoms. The van der Waals surface area contributed by atoms with Crippen molar-refractivity contribution >= 4 is 23.2 Å². The Hall–Kier alpha value is -2.90. The molecule has 116 valence electrons. The van der Waals surface area contributed by atoms with Gasteiger partial charge in [0.2, 0.25) is 0 Å². The van der Waals surface area contributed by atoms with E-state index >= 15 is 0 Å². The second kappa shape index (κ2) is 6.25. The molecule has 0 unspecified atom stereocenters. The van der Waals surface area contributed by atoms with Crippen LogP contribution in [0.5, 0.6) is 5.75 Å². The number of hydrogen-bond acceptors (Lipinski definition) is 7. The van der Waals surface area contributed by atoms with Gasteiger partial charge in [-0.2, -0.15) is 0 Å². The summed E-state index contributed by atoms with van der Waals surface area (Å²) in [6.45, 7) is 4.02. The Morgan fingerprint density at radius 1 is 1.32 bits per heavy atom. The molecule has 0 aliphatic carbocycles. The Morgan fingerprint density at radius 2 is 2.05 bits per heavy atom. The van der Waals surface area contributed by atoms with Crippen molar-refractivity contribution in [1.82, 2.24) is 15.2 Å². The van der Waals surface area contributed by atoms with Crippen molar-refractivity contribution in [3.05, 3.63) is 29.6 Å². The topological polar surface area (TPSA) is 129 Å². The Morgan fingerprint density at radius 3 is 2.64 bits per heavy atom. The van der Waals surface area contributed by atoms with Gasteiger partial charge < -0.3 is 21.5 Å². The summed E-state index contributed by atoms with van der Waals surface area (Å²) in [6.07, 6.45) is 0. The first-order valence-corrected chi connectivity index (χ1v) is 6.67. The Labute approximate surface area is 127 Å². The van der Waals surface area contributed by atoms with Gasteiger partial charge in [-0.1, -0.05) is 13.8 Å². The fourth-order valence-electron chi connectivity index (χ4n) is 1.94. The number of nitrogens with zero attached hydrogens (tertiary/aromatic N) is 3. The van der Waals surface area contributed by atoms with E-state index in [-0.39, 0.29) is 17.4 Å². The standard InChI is InChI=1S/C14H18N6O2/c1-7(2)12-9(22-3)4-5-11(18-12)17-8-6-10(15)19-20-13(8)14(16)21/h4-7H,1-3H3,(H2,16,21)(H3,15,17,18,19). The lowest BCUT2D eigenvalue weighted by atomic mass is 10.1. The van der Waals surface area contributed by atoms with Crippen LogP contribution in [0.15, 0.2) is 18.2 Å². The number of ether oxygens (including phenoxy) is 1. The summed E-state index contributed by atoms with van der Waals surface area (Å²) in [5, 5.41) is 10.3. The number of hydrogen-bond donors (Lipinski definition) is 3. The first-order chi connectivity index (χ1) is 10.4. The number of aromatic nitrogens is 3. The summed E-state index contributed by atoms with van der Waals surface area (Å²) < 4.78 is 5.29. The van der Waals surface area contributed by atoms with Crippen molar-refractivity contribution in [1.29, 1.82) is 0 Å². The van der Waals surface area contributed by atoms with E-state index in [1.54, 1.807) is 19.2 Å². The van der Waals surface area contributed by atoms with Crippen LogP contribution in [0.4, 0.5) is 17.3 Å². The monoisotopic (exact) mass is 302 g/mol. The van der Waals surface area contributed by atoms with E-state index in [0.717, 1.165) is 5.69 Å². The maximum Gasteiger partial charge on any atom is 0.271 e. The van der Waals surface area contributed by atoms with Crippen LogP contribution >= 0.6 is 0 Å². The Balaban J connectivity index is 2.41. The molecule has 0 saturated heterocycles. The zero-order chi connectivity index (χ0) is 16.3. The summed E-state index contributed by atoms with van der Waals surface area (Å²) in [7, 11) is 1.59. The fourth-order valence-corrected chi connectivity index (χ4v) is 1.94. The number of methoxy groups -OCH3 is 1. The average Bonchev–Trinajstić information content (AvgIpc) is 2.46. The van der Waals surface area contributed by atoms with Crippen LogP contribution in [0.3, 0.4) is 0 Å². The number of nitrogens with one attached hydrogen (secondary N) is 1. The molecular formula is C14H18N6O2. The van der Waals surface area contributed by atoms with Crippen molar-refractivity contribution in [3.8, 4) is 5.75 Å². The second-order valence-corrected chi connectivity index (χ2v) is 4.96. The molecule has 0 spiro atoms. The van der Waals surface area contributed by atoms with Crippen LogP contribution in [-0.4, -0.2) is 28.2 Å². The van der Waals surface area contributed by atoms with E-state index in [9.17, 15) is 4.79 Å². The Bertz CT molecular complexity index is 702. The maximum atomic E-state index is 11.4. The van der Waals surface area contributed by atoms with Crippen LogP contribution in [0.1, 0.15) is 35.9 Å². The lowest BCUT2D eigenvalue weighted by molar-refractivity contribution is 0.0995. The van der Waals surface area contributed by atoms with Gasteiger partial charge >= 0.3 is 0 Å². The summed E-state index contributed by atoms with van der Waals surface area (Å²) in [6, 6.07) is 5.01. The van der Waals surface area contributed by atoms with Crippen molar-refractivity contribution in [2.45, 2.75) is 19.8 Å². The van der Waals surface area contributed by atoms with Crippen LogP contribution in [0, 0.1) is 0 Å². The highest BCUT2D eigenvalue weighted by Gasteiger charge is 2.14.